The van der Waals surface area contributed by atoms with Crippen molar-refractivity contribution in [2.24, 2.45) is 0 Å². The number of hydrogen-bond acceptors (Lipinski definition) is 6. The summed E-state index contributed by atoms with van der Waals surface area (Å²) in [4.78, 5) is 11.3. The zero-order valence-corrected chi connectivity index (χ0v) is 13.7. The molecule has 3 heterocycles. The molecule has 3 saturated heterocycles. The summed E-state index contributed by atoms with van der Waals surface area (Å²) in [6.45, 7) is 1.60. The van der Waals surface area contributed by atoms with Crippen molar-refractivity contribution in [2.45, 2.75) is 68.7 Å². The largest absolute Gasteiger partial charge is 0.480 e. The Morgan fingerprint density at radius 2 is 1.78 bits per heavy atom. The first kappa shape index (κ1) is 17.1. The van der Waals surface area contributed by atoms with Gasteiger partial charge in [-0.15, -0.1) is 0 Å². The highest BCUT2D eigenvalue weighted by molar-refractivity contribution is 5.73. The third-order valence-corrected chi connectivity index (χ3v) is 5.06. The maximum absolute atomic E-state index is 11.3. The molecule has 23 heavy (non-hydrogen) atoms. The summed E-state index contributed by atoms with van der Waals surface area (Å²) < 4.78 is 24.5. The zero-order chi connectivity index (χ0) is 16.3. The van der Waals surface area contributed by atoms with Crippen LogP contribution in [0.5, 0.6) is 0 Å². The first-order valence-electron chi connectivity index (χ1n) is 8.61. The van der Waals surface area contributed by atoms with Gasteiger partial charge in [0.25, 0.3) is 0 Å². The van der Waals surface area contributed by atoms with Crippen LogP contribution >= 0.6 is 0 Å². The standard InChI is InChI=1S/C16H27NO6/c1-17-13(14(18)19)10-12-11-22-15(6-2-4-8-20-15)16(23-12)7-3-5-9-21-16/h12-13,17H,2-11H2,1H3,(H,18,19). The number of carbonyl (C=O) groups is 1. The number of ether oxygens (including phenoxy) is 4. The summed E-state index contributed by atoms with van der Waals surface area (Å²) in [6.07, 6.45) is 5.54. The molecule has 0 radical (unpaired) electrons. The summed E-state index contributed by atoms with van der Waals surface area (Å²) in [5, 5.41) is 12.0. The summed E-state index contributed by atoms with van der Waals surface area (Å²) >= 11 is 0. The van der Waals surface area contributed by atoms with E-state index < -0.39 is 23.6 Å². The van der Waals surface area contributed by atoms with Gasteiger partial charge in [-0.2, -0.15) is 0 Å². The molecule has 7 nitrogen and oxygen atoms in total. The molecule has 0 saturated carbocycles. The van der Waals surface area contributed by atoms with Gasteiger partial charge in [0.05, 0.1) is 25.9 Å². The third kappa shape index (κ3) is 3.25. The van der Waals surface area contributed by atoms with Gasteiger partial charge >= 0.3 is 5.97 Å². The third-order valence-electron chi connectivity index (χ3n) is 5.06. The SMILES string of the molecule is CNC(CC1COC2(CCCCO2)C2(CCCCO2)O1)C(=O)O. The molecule has 7 heteroatoms. The van der Waals surface area contributed by atoms with Crippen LogP contribution in [-0.2, 0) is 23.7 Å². The molecule has 2 spiro atoms. The molecule has 2 N–H and O–H groups in total. The first-order valence-corrected chi connectivity index (χ1v) is 8.61. The van der Waals surface area contributed by atoms with Gasteiger partial charge in [0, 0.05) is 19.3 Å². The summed E-state index contributed by atoms with van der Waals surface area (Å²) in [6, 6.07) is -0.662. The normalized spacial score (nSPS) is 39.4. The second-order valence-electron chi connectivity index (χ2n) is 6.58. The van der Waals surface area contributed by atoms with Gasteiger partial charge in [-0.3, -0.25) is 4.79 Å². The summed E-state index contributed by atoms with van der Waals surface area (Å²) in [7, 11) is 1.64. The topological polar surface area (TPSA) is 86.3 Å². The Bertz CT molecular complexity index is 417. The van der Waals surface area contributed by atoms with E-state index >= 15 is 0 Å². The second-order valence-corrected chi connectivity index (χ2v) is 6.58. The number of carboxylic acids is 1. The van der Waals surface area contributed by atoms with Gasteiger partial charge in [0.1, 0.15) is 6.04 Å². The molecule has 0 bridgehead atoms. The highest BCUT2D eigenvalue weighted by atomic mass is 16.8. The lowest BCUT2D eigenvalue weighted by atomic mass is 9.89. The van der Waals surface area contributed by atoms with Gasteiger partial charge in [-0.1, -0.05) is 0 Å². The molecule has 132 valence electrons. The van der Waals surface area contributed by atoms with E-state index in [2.05, 4.69) is 5.32 Å². The quantitative estimate of drug-likeness (QED) is 0.803. The van der Waals surface area contributed by atoms with E-state index in [4.69, 9.17) is 18.9 Å². The smallest absolute Gasteiger partial charge is 0.320 e. The van der Waals surface area contributed by atoms with Gasteiger partial charge in [-0.25, -0.2) is 0 Å². The number of carboxylic acid groups (broad SMARTS) is 1. The van der Waals surface area contributed by atoms with Crippen LogP contribution in [0.25, 0.3) is 0 Å². The van der Waals surface area contributed by atoms with Crippen LogP contribution in [-0.4, -0.2) is 61.7 Å². The second kappa shape index (κ2) is 7.03. The molecule has 0 aromatic heterocycles. The van der Waals surface area contributed by atoms with Crippen molar-refractivity contribution in [1.29, 1.82) is 0 Å². The highest BCUT2D eigenvalue weighted by Crippen LogP contribution is 2.48. The number of hydrogen-bond donors (Lipinski definition) is 2. The van der Waals surface area contributed by atoms with E-state index in [0.29, 0.717) is 26.2 Å². The lowest BCUT2D eigenvalue weighted by Gasteiger charge is -2.56. The monoisotopic (exact) mass is 329 g/mol. The average Bonchev–Trinajstić information content (AvgIpc) is 2.57. The van der Waals surface area contributed by atoms with Crippen molar-refractivity contribution in [3.8, 4) is 0 Å². The van der Waals surface area contributed by atoms with Crippen molar-refractivity contribution in [2.75, 3.05) is 26.9 Å². The van der Waals surface area contributed by atoms with Crippen molar-refractivity contribution < 1.29 is 28.8 Å². The Hall–Kier alpha value is -0.730. The van der Waals surface area contributed by atoms with Gasteiger partial charge in [0.2, 0.25) is 11.6 Å². The van der Waals surface area contributed by atoms with E-state index in [0.717, 1.165) is 38.5 Å². The van der Waals surface area contributed by atoms with Crippen LogP contribution in [0.3, 0.4) is 0 Å². The Balaban J connectivity index is 1.76. The Morgan fingerprint density at radius 3 is 2.30 bits per heavy atom. The maximum atomic E-state index is 11.3. The van der Waals surface area contributed by atoms with Crippen LogP contribution in [0, 0.1) is 0 Å². The average molecular weight is 329 g/mol. The Morgan fingerprint density at radius 1 is 1.13 bits per heavy atom. The minimum absolute atomic E-state index is 0.321. The van der Waals surface area contributed by atoms with E-state index in [1.807, 2.05) is 0 Å². The molecule has 3 fully saturated rings. The molecule has 4 unspecified atom stereocenters. The molecular weight excluding hydrogens is 302 g/mol. The number of likely N-dealkylation sites (N-methyl/N-ethyl adjacent to an activating group) is 1. The number of aliphatic carboxylic acids is 1. The number of fused-ring (bicyclic) bond motifs is 1. The summed E-state index contributed by atoms with van der Waals surface area (Å²) in [5.74, 6) is -2.62. The fraction of sp³-hybridized carbons (Fsp3) is 0.938. The van der Waals surface area contributed by atoms with Crippen LogP contribution < -0.4 is 5.32 Å². The molecule has 3 rings (SSSR count). The number of rotatable bonds is 4. The predicted molar refractivity (Wildman–Crippen MR) is 81.0 cm³/mol. The van der Waals surface area contributed by atoms with Crippen molar-refractivity contribution >= 4 is 5.97 Å². The van der Waals surface area contributed by atoms with E-state index in [-0.39, 0.29) is 6.10 Å². The molecule has 4 atom stereocenters. The van der Waals surface area contributed by atoms with Crippen LogP contribution in [0.15, 0.2) is 0 Å². The van der Waals surface area contributed by atoms with E-state index in [1.54, 1.807) is 7.05 Å². The lowest BCUT2D eigenvalue weighted by molar-refractivity contribution is -0.466. The minimum Gasteiger partial charge on any atom is -0.480 e. The minimum atomic E-state index is -0.897. The van der Waals surface area contributed by atoms with Crippen molar-refractivity contribution in [1.82, 2.24) is 5.32 Å². The van der Waals surface area contributed by atoms with Crippen molar-refractivity contribution in [3.63, 3.8) is 0 Å². The fourth-order valence-electron chi connectivity index (χ4n) is 3.80. The number of nitrogens with one attached hydrogen (secondary N) is 1. The Labute approximate surface area is 136 Å². The van der Waals surface area contributed by atoms with Gasteiger partial charge < -0.3 is 29.4 Å². The van der Waals surface area contributed by atoms with Crippen LogP contribution in [0.2, 0.25) is 0 Å². The van der Waals surface area contributed by atoms with Gasteiger partial charge in [-0.05, 0) is 32.7 Å². The molecule has 0 aliphatic carbocycles. The molecule has 3 aliphatic heterocycles. The zero-order valence-electron chi connectivity index (χ0n) is 13.7. The molecule has 0 aromatic rings. The fourth-order valence-corrected chi connectivity index (χ4v) is 3.80. The molecule has 3 aliphatic rings. The summed E-state index contributed by atoms with van der Waals surface area (Å²) in [5.41, 5.74) is 0. The molecule has 0 aromatic carbocycles. The van der Waals surface area contributed by atoms with E-state index in [9.17, 15) is 9.90 Å². The van der Waals surface area contributed by atoms with E-state index in [1.165, 1.54) is 0 Å². The molecular formula is C16H27NO6. The van der Waals surface area contributed by atoms with Crippen LogP contribution in [0.1, 0.15) is 44.9 Å². The lowest BCUT2D eigenvalue weighted by Crippen LogP contribution is -2.68. The van der Waals surface area contributed by atoms with Gasteiger partial charge in [0.15, 0.2) is 0 Å². The first-order chi connectivity index (χ1) is 11.1. The highest BCUT2D eigenvalue weighted by Gasteiger charge is 2.61. The van der Waals surface area contributed by atoms with Crippen LogP contribution in [0.4, 0.5) is 0 Å². The Kier molecular flexibility index (Phi) is 5.22. The maximum Gasteiger partial charge on any atom is 0.320 e. The predicted octanol–water partition coefficient (Wildman–Crippen LogP) is 1.26. The van der Waals surface area contributed by atoms with Crippen molar-refractivity contribution in [3.05, 3.63) is 0 Å². The molecule has 0 amide bonds.